The summed E-state index contributed by atoms with van der Waals surface area (Å²) in [5.74, 6) is -0.443. The Morgan fingerprint density at radius 3 is 2.64 bits per heavy atom. The van der Waals surface area contributed by atoms with Crippen LogP contribution in [0.3, 0.4) is 0 Å². The zero-order chi connectivity index (χ0) is 17.7. The van der Waals surface area contributed by atoms with Crippen molar-refractivity contribution in [1.82, 2.24) is 0 Å². The number of nitrogens with zero attached hydrogens (tertiary/aromatic N) is 1. The number of nitro groups is 1. The fourth-order valence-electron chi connectivity index (χ4n) is 3.94. The molecule has 0 amide bonds. The van der Waals surface area contributed by atoms with E-state index in [0.717, 1.165) is 0 Å². The van der Waals surface area contributed by atoms with Crippen molar-refractivity contribution in [3.63, 3.8) is 0 Å². The molecule has 0 saturated heterocycles. The highest BCUT2D eigenvalue weighted by Gasteiger charge is 2.43. The molecule has 128 valence electrons. The van der Waals surface area contributed by atoms with Gasteiger partial charge >= 0.3 is 0 Å². The smallest absolute Gasteiger partial charge is 0.275 e. The number of nitrogens with one attached hydrogen (secondary N) is 1. The molecular formula is C18H16N2O5. The Kier molecular flexibility index (Phi) is 3.31. The minimum atomic E-state index is -0.443. The number of benzene rings is 2. The lowest BCUT2D eigenvalue weighted by molar-refractivity contribution is -0.385. The predicted octanol–water partition coefficient (Wildman–Crippen LogP) is 3.54. The van der Waals surface area contributed by atoms with E-state index in [9.17, 15) is 25.4 Å². The van der Waals surface area contributed by atoms with Gasteiger partial charge in [0.25, 0.3) is 5.69 Å². The summed E-state index contributed by atoms with van der Waals surface area (Å²) in [5.41, 5.74) is 1.33. The summed E-state index contributed by atoms with van der Waals surface area (Å²) < 4.78 is 0. The number of anilines is 1. The highest BCUT2D eigenvalue weighted by molar-refractivity contribution is 5.73. The van der Waals surface area contributed by atoms with Gasteiger partial charge in [0, 0.05) is 23.6 Å². The van der Waals surface area contributed by atoms with E-state index >= 15 is 0 Å². The lowest BCUT2D eigenvalue weighted by atomic mass is 9.76. The monoisotopic (exact) mass is 340 g/mol. The van der Waals surface area contributed by atoms with Crippen LogP contribution in [0.1, 0.15) is 29.5 Å². The molecule has 0 radical (unpaired) electrons. The van der Waals surface area contributed by atoms with Crippen molar-refractivity contribution in [3.05, 3.63) is 63.7 Å². The fourth-order valence-corrected chi connectivity index (χ4v) is 3.94. The number of rotatable bonds is 2. The Morgan fingerprint density at radius 2 is 1.92 bits per heavy atom. The van der Waals surface area contributed by atoms with Crippen LogP contribution >= 0.6 is 0 Å². The van der Waals surface area contributed by atoms with Crippen LogP contribution in [-0.4, -0.2) is 20.2 Å². The number of fused-ring (bicyclic) bond motifs is 3. The van der Waals surface area contributed by atoms with Crippen molar-refractivity contribution in [1.29, 1.82) is 0 Å². The molecule has 2 aromatic rings. The number of aromatic hydroxyl groups is 3. The summed E-state index contributed by atoms with van der Waals surface area (Å²) in [6.45, 7) is 0. The second-order valence-corrected chi connectivity index (χ2v) is 6.37. The Balaban J connectivity index is 1.89. The van der Waals surface area contributed by atoms with Crippen molar-refractivity contribution in [2.75, 3.05) is 5.32 Å². The van der Waals surface area contributed by atoms with Gasteiger partial charge in [0.1, 0.15) is 17.2 Å². The highest BCUT2D eigenvalue weighted by atomic mass is 16.6. The van der Waals surface area contributed by atoms with Gasteiger partial charge in [-0.2, -0.15) is 0 Å². The van der Waals surface area contributed by atoms with Crippen molar-refractivity contribution in [2.24, 2.45) is 5.92 Å². The molecule has 1 aliphatic heterocycles. The first-order valence-corrected chi connectivity index (χ1v) is 7.92. The van der Waals surface area contributed by atoms with Crippen molar-refractivity contribution < 1.29 is 20.2 Å². The third-order valence-electron chi connectivity index (χ3n) is 5.02. The van der Waals surface area contributed by atoms with Crippen LogP contribution in [0.5, 0.6) is 17.2 Å². The lowest BCUT2D eigenvalue weighted by Crippen LogP contribution is -2.29. The zero-order valence-corrected chi connectivity index (χ0v) is 13.1. The summed E-state index contributed by atoms with van der Waals surface area (Å²) in [6, 6.07) is 6.64. The number of hydrogen-bond donors (Lipinski definition) is 4. The van der Waals surface area contributed by atoms with Crippen LogP contribution in [0.4, 0.5) is 11.4 Å². The molecule has 3 atom stereocenters. The molecule has 3 unspecified atom stereocenters. The molecule has 0 aromatic heterocycles. The maximum atomic E-state index is 11.4. The molecule has 1 heterocycles. The van der Waals surface area contributed by atoms with Gasteiger partial charge in [-0.05, 0) is 30.5 Å². The molecule has 1 aliphatic carbocycles. The Morgan fingerprint density at radius 1 is 1.12 bits per heavy atom. The minimum absolute atomic E-state index is 0.0322. The van der Waals surface area contributed by atoms with E-state index in [2.05, 4.69) is 5.32 Å². The van der Waals surface area contributed by atoms with Gasteiger partial charge in [0.15, 0.2) is 0 Å². The largest absolute Gasteiger partial charge is 0.508 e. The molecule has 0 saturated carbocycles. The van der Waals surface area contributed by atoms with E-state index in [-0.39, 0.29) is 40.8 Å². The molecule has 25 heavy (non-hydrogen) atoms. The normalized spacial score (nSPS) is 23.6. The van der Waals surface area contributed by atoms with Gasteiger partial charge in [-0.15, -0.1) is 0 Å². The van der Waals surface area contributed by atoms with Gasteiger partial charge in [-0.3, -0.25) is 10.1 Å². The van der Waals surface area contributed by atoms with Crippen molar-refractivity contribution in [3.8, 4) is 17.2 Å². The Hall–Kier alpha value is -3.22. The van der Waals surface area contributed by atoms with E-state index in [0.29, 0.717) is 23.2 Å². The van der Waals surface area contributed by atoms with Crippen LogP contribution in [0.15, 0.2) is 42.5 Å². The maximum Gasteiger partial charge on any atom is 0.275 e. The highest BCUT2D eigenvalue weighted by Crippen LogP contribution is 2.55. The second kappa shape index (κ2) is 5.41. The van der Waals surface area contributed by atoms with Crippen LogP contribution in [-0.2, 0) is 0 Å². The SMILES string of the molecule is O=[N+]([O-])c1ccc(O)c2c1C1C=CCC1C(c1ccc(O)cc1O)N2. The second-order valence-electron chi connectivity index (χ2n) is 6.37. The number of phenols is 3. The Bertz CT molecular complexity index is 909. The van der Waals surface area contributed by atoms with Crippen molar-refractivity contribution in [2.45, 2.75) is 18.4 Å². The average molecular weight is 340 g/mol. The zero-order valence-electron chi connectivity index (χ0n) is 13.1. The van der Waals surface area contributed by atoms with Crippen LogP contribution < -0.4 is 5.32 Å². The summed E-state index contributed by atoms with van der Waals surface area (Å²) in [5, 5.41) is 44.6. The first kappa shape index (κ1) is 15.3. The number of hydrogen-bond acceptors (Lipinski definition) is 6. The van der Waals surface area contributed by atoms with Gasteiger partial charge in [0.05, 0.1) is 22.2 Å². The molecule has 2 aliphatic rings. The molecule has 7 heteroatoms. The number of phenolic OH excluding ortho intramolecular Hbond substituents is 3. The molecule has 0 fully saturated rings. The number of allylic oxidation sites excluding steroid dienone is 2. The molecular weight excluding hydrogens is 324 g/mol. The van der Waals surface area contributed by atoms with Crippen LogP contribution in [0.2, 0.25) is 0 Å². The molecule has 0 bridgehead atoms. The molecule has 4 rings (SSSR count). The first-order chi connectivity index (χ1) is 12.0. The Labute approximate surface area is 143 Å². The third-order valence-corrected chi connectivity index (χ3v) is 5.02. The minimum Gasteiger partial charge on any atom is -0.508 e. The van der Waals surface area contributed by atoms with E-state index in [1.165, 1.54) is 24.3 Å². The summed E-state index contributed by atoms with van der Waals surface area (Å²) >= 11 is 0. The van der Waals surface area contributed by atoms with Gasteiger partial charge in [-0.25, -0.2) is 0 Å². The first-order valence-electron chi connectivity index (χ1n) is 7.92. The van der Waals surface area contributed by atoms with E-state index in [1.807, 2.05) is 12.2 Å². The third kappa shape index (κ3) is 2.27. The molecule has 4 N–H and O–H groups in total. The van der Waals surface area contributed by atoms with E-state index in [4.69, 9.17) is 0 Å². The van der Waals surface area contributed by atoms with Crippen LogP contribution in [0, 0.1) is 16.0 Å². The van der Waals surface area contributed by atoms with Crippen molar-refractivity contribution >= 4 is 11.4 Å². The van der Waals surface area contributed by atoms with E-state index in [1.54, 1.807) is 6.07 Å². The number of nitro benzene ring substituents is 1. The summed E-state index contributed by atoms with van der Waals surface area (Å²) in [4.78, 5) is 11.0. The van der Waals surface area contributed by atoms with Gasteiger partial charge < -0.3 is 20.6 Å². The topological polar surface area (TPSA) is 116 Å². The summed E-state index contributed by atoms with van der Waals surface area (Å²) in [7, 11) is 0. The van der Waals surface area contributed by atoms with E-state index < -0.39 is 4.92 Å². The van der Waals surface area contributed by atoms with Crippen LogP contribution in [0.25, 0.3) is 0 Å². The fraction of sp³-hybridized carbons (Fsp3) is 0.222. The predicted molar refractivity (Wildman–Crippen MR) is 90.9 cm³/mol. The average Bonchev–Trinajstić information content (AvgIpc) is 3.04. The quantitative estimate of drug-likeness (QED) is 0.288. The van der Waals surface area contributed by atoms with Gasteiger partial charge in [0.2, 0.25) is 0 Å². The summed E-state index contributed by atoms with van der Waals surface area (Å²) in [6.07, 6.45) is 4.57. The maximum absolute atomic E-state index is 11.4. The molecule has 7 nitrogen and oxygen atoms in total. The lowest BCUT2D eigenvalue weighted by Gasteiger charge is -2.37. The van der Waals surface area contributed by atoms with Gasteiger partial charge in [-0.1, -0.05) is 12.2 Å². The molecule has 2 aromatic carbocycles. The standard InChI is InChI=1S/C18H16N2O5/c21-9-4-5-12(15(23)8-9)17-11-3-1-2-10(11)16-13(20(24)25)6-7-14(22)18(16)19-17/h1-2,4-8,10-11,17,19,21-23H,3H2. The molecule has 0 spiro atoms.